The zero-order valence-electron chi connectivity index (χ0n) is 14.5. The van der Waals surface area contributed by atoms with Crippen LogP contribution in [-0.4, -0.2) is 36.3 Å². The third kappa shape index (κ3) is 4.21. The number of ether oxygens (including phenoxy) is 1. The Hall–Kier alpha value is -2.76. The Labute approximate surface area is 146 Å². The van der Waals surface area contributed by atoms with Gasteiger partial charge in [0.25, 0.3) is 5.91 Å². The lowest BCUT2D eigenvalue weighted by atomic mass is 10.1. The number of nitrogens with zero attached hydrogens (tertiary/aromatic N) is 1. The fraction of sp³-hybridized carbons (Fsp3) is 0.368. The van der Waals surface area contributed by atoms with Crippen LogP contribution >= 0.6 is 0 Å². The normalized spacial score (nSPS) is 14.8. The predicted octanol–water partition coefficient (Wildman–Crippen LogP) is 2.44. The number of aryl methyl sites for hydroxylation is 2. The highest BCUT2D eigenvalue weighted by Gasteiger charge is 2.22. The molecule has 2 aromatic rings. The highest BCUT2D eigenvalue weighted by atomic mass is 16.5. The number of hydrogen-bond donors (Lipinski definition) is 1. The Bertz CT molecular complexity index is 781. The van der Waals surface area contributed by atoms with Crippen molar-refractivity contribution in [1.29, 1.82) is 0 Å². The summed E-state index contributed by atoms with van der Waals surface area (Å²) in [4.78, 5) is 25.5. The molecule has 1 N–H and O–H groups in total. The zero-order valence-corrected chi connectivity index (χ0v) is 14.5. The molecule has 1 fully saturated rings. The van der Waals surface area contributed by atoms with Crippen LogP contribution in [0.25, 0.3) is 0 Å². The minimum absolute atomic E-state index is 0.0303. The topological polar surface area (TPSA) is 71.8 Å². The summed E-state index contributed by atoms with van der Waals surface area (Å²) in [6.45, 7) is 5.64. The van der Waals surface area contributed by atoms with Crippen LogP contribution < -0.4 is 10.1 Å². The van der Waals surface area contributed by atoms with Crippen LogP contribution in [0.3, 0.4) is 0 Å². The van der Waals surface area contributed by atoms with Gasteiger partial charge in [0.05, 0.1) is 0 Å². The molecule has 0 bridgehead atoms. The molecule has 3 rings (SSSR count). The van der Waals surface area contributed by atoms with E-state index in [2.05, 4.69) is 11.4 Å². The molecule has 2 heterocycles. The molecule has 132 valence electrons. The van der Waals surface area contributed by atoms with Gasteiger partial charge >= 0.3 is 0 Å². The van der Waals surface area contributed by atoms with E-state index in [0.29, 0.717) is 31.8 Å². The molecule has 0 spiro atoms. The van der Waals surface area contributed by atoms with E-state index < -0.39 is 0 Å². The van der Waals surface area contributed by atoms with Crippen molar-refractivity contribution >= 4 is 11.8 Å². The summed E-state index contributed by atoms with van der Waals surface area (Å²) in [5, 5.41) is 2.75. The molecule has 1 aromatic carbocycles. The van der Waals surface area contributed by atoms with E-state index in [1.165, 1.54) is 5.56 Å². The standard InChI is InChI=1S/C19H22N2O4/c1-13-3-5-16(14(2)11-13)24-12-15-4-6-17(25-15)19(23)21-9-7-18(22)20-8-10-21/h3-6,11H,7-10,12H2,1-2H3,(H,20,22). The zero-order chi connectivity index (χ0) is 17.8. The van der Waals surface area contributed by atoms with Crippen molar-refractivity contribution < 1.29 is 18.7 Å². The van der Waals surface area contributed by atoms with Gasteiger partial charge in [0.1, 0.15) is 18.1 Å². The van der Waals surface area contributed by atoms with Crippen LogP contribution in [0, 0.1) is 13.8 Å². The van der Waals surface area contributed by atoms with Gasteiger partial charge in [0.2, 0.25) is 5.91 Å². The molecule has 6 heteroatoms. The van der Waals surface area contributed by atoms with E-state index in [4.69, 9.17) is 9.15 Å². The first-order chi connectivity index (χ1) is 12.0. The van der Waals surface area contributed by atoms with Gasteiger partial charge in [-0.1, -0.05) is 17.7 Å². The Balaban J connectivity index is 1.61. The molecule has 1 aliphatic rings. The fourth-order valence-corrected chi connectivity index (χ4v) is 2.81. The number of carbonyl (C=O) groups excluding carboxylic acids is 2. The molecular formula is C19H22N2O4. The Kier molecular flexibility index (Phi) is 5.07. The van der Waals surface area contributed by atoms with E-state index in [1.54, 1.807) is 17.0 Å². The van der Waals surface area contributed by atoms with Crippen molar-refractivity contribution in [3.05, 3.63) is 53.0 Å². The van der Waals surface area contributed by atoms with Crippen LogP contribution in [0.1, 0.15) is 33.9 Å². The largest absolute Gasteiger partial charge is 0.485 e. The van der Waals surface area contributed by atoms with Crippen LogP contribution in [0.2, 0.25) is 0 Å². The number of benzene rings is 1. The van der Waals surface area contributed by atoms with Crippen molar-refractivity contribution in [3.8, 4) is 5.75 Å². The first-order valence-electron chi connectivity index (χ1n) is 8.37. The van der Waals surface area contributed by atoms with Crippen molar-refractivity contribution in [2.24, 2.45) is 0 Å². The lowest BCUT2D eigenvalue weighted by molar-refractivity contribution is -0.120. The molecule has 25 heavy (non-hydrogen) atoms. The van der Waals surface area contributed by atoms with Gasteiger partial charge in [0.15, 0.2) is 5.76 Å². The van der Waals surface area contributed by atoms with Crippen molar-refractivity contribution in [2.45, 2.75) is 26.9 Å². The van der Waals surface area contributed by atoms with Gasteiger partial charge in [-0.3, -0.25) is 9.59 Å². The van der Waals surface area contributed by atoms with Crippen LogP contribution in [0.5, 0.6) is 5.75 Å². The monoisotopic (exact) mass is 342 g/mol. The molecule has 1 aliphatic heterocycles. The maximum Gasteiger partial charge on any atom is 0.289 e. The molecule has 0 unspecified atom stereocenters. The van der Waals surface area contributed by atoms with Crippen LogP contribution in [0.15, 0.2) is 34.7 Å². The second-order valence-electron chi connectivity index (χ2n) is 6.22. The van der Waals surface area contributed by atoms with Crippen LogP contribution in [0.4, 0.5) is 0 Å². The number of furan rings is 1. The lowest BCUT2D eigenvalue weighted by Crippen LogP contribution is -2.34. The summed E-state index contributed by atoms with van der Waals surface area (Å²) in [7, 11) is 0. The number of nitrogens with one attached hydrogen (secondary N) is 1. The summed E-state index contributed by atoms with van der Waals surface area (Å²) >= 11 is 0. The van der Waals surface area contributed by atoms with Crippen molar-refractivity contribution in [3.63, 3.8) is 0 Å². The maximum atomic E-state index is 12.5. The van der Waals surface area contributed by atoms with E-state index in [0.717, 1.165) is 11.3 Å². The van der Waals surface area contributed by atoms with Gasteiger partial charge in [-0.25, -0.2) is 0 Å². The second-order valence-corrected chi connectivity index (χ2v) is 6.22. The summed E-state index contributed by atoms with van der Waals surface area (Å²) in [5.41, 5.74) is 2.24. The molecule has 0 radical (unpaired) electrons. The molecule has 0 saturated carbocycles. The average Bonchev–Trinajstić information content (AvgIpc) is 2.95. The molecular weight excluding hydrogens is 320 g/mol. The Morgan fingerprint density at radius 3 is 2.88 bits per heavy atom. The first kappa shape index (κ1) is 17.1. The SMILES string of the molecule is Cc1ccc(OCc2ccc(C(=O)N3CCNC(=O)CC3)o2)c(C)c1. The highest BCUT2D eigenvalue weighted by molar-refractivity contribution is 5.92. The molecule has 1 aromatic heterocycles. The predicted molar refractivity (Wildman–Crippen MR) is 92.5 cm³/mol. The lowest BCUT2D eigenvalue weighted by Gasteiger charge is -2.17. The third-order valence-electron chi connectivity index (χ3n) is 4.17. The third-order valence-corrected chi connectivity index (χ3v) is 4.17. The van der Waals surface area contributed by atoms with Crippen LogP contribution in [-0.2, 0) is 11.4 Å². The fourth-order valence-electron chi connectivity index (χ4n) is 2.81. The van der Waals surface area contributed by atoms with Gasteiger partial charge in [-0.2, -0.15) is 0 Å². The number of hydrogen-bond acceptors (Lipinski definition) is 4. The summed E-state index contributed by atoms with van der Waals surface area (Å²) in [6, 6.07) is 9.39. The van der Waals surface area contributed by atoms with E-state index in [-0.39, 0.29) is 24.2 Å². The molecule has 6 nitrogen and oxygen atoms in total. The van der Waals surface area contributed by atoms with E-state index in [9.17, 15) is 9.59 Å². The number of carbonyl (C=O) groups is 2. The molecule has 0 aliphatic carbocycles. The van der Waals surface area contributed by atoms with Crippen molar-refractivity contribution in [1.82, 2.24) is 10.2 Å². The minimum atomic E-state index is -0.200. The Morgan fingerprint density at radius 1 is 1.24 bits per heavy atom. The van der Waals surface area contributed by atoms with Gasteiger partial charge < -0.3 is 19.4 Å². The van der Waals surface area contributed by atoms with E-state index in [1.807, 2.05) is 26.0 Å². The van der Waals surface area contributed by atoms with Gasteiger partial charge in [-0.15, -0.1) is 0 Å². The quantitative estimate of drug-likeness (QED) is 0.926. The number of rotatable bonds is 4. The molecule has 2 amide bonds. The minimum Gasteiger partial charge on any atom is -0.485 e. The van der Waals surface area contributed by atoms with Crippen molar-refractivity contribution in [2.75, 3.05) is 19.6 Å². The summed E-state index contributed by atoms with van der Waals surface area (Å²) in [6.07, 6.45) is 0.315. The maximum absolute atomic E-state index is 12.5. The molecule has 0 atom stereocenters. The Morgan fingerprint density at radius 2 is 2.08 bits per heavy atom. The summed E-state index contributed by atoms with van der Waals surface area (Å²) < 4.78 is 11.4. The number of amides is 2. The second kappa shape index (κ2) is 7.42. The summed E-state index contributed by atoms with van der Waals surface area (Å²) in [5.74, 6) is 1.43. The average molecular weight is 342 g/mol. The molecule has 1 saturated heterocycles. The highest BCUT2D eigenvalue weighted by Crippen LogP contribution is 2.21. The first-order valence-corrected chi connectivity index (χ1v) is 8.37. The van der Waals surface area contributed by atoms with Gasteiger partial charge in [0, 0.05) is 26.1 Å². The smallest absolute Gasteiger partial charge is 0.289 e. The van der Waals surface area contributed by atoms with Gasteiger partial charge in [-0.05, 0) is 37.6 Å². The van der Waals surface area contributed by atoms with E-state index >= 15 is 0 Å².